The SMILES string of the molecule is Nc1cc(Cl)ccc1Oc1ccc2n[nH]c(=O)n2n1. The van der Waals surface area contributed by atoms with Crippen LogP contribution >= 0.6 is 11.6 Å². The Bertz CT molecular complexity index is 810. The van der Waals surface area contributed by atoms with E-state index < -0.39 is 5.69 Å². The molecule has 0 aliphatic rings. The van der Waals surface area contributed by atoms with E-state index in [2.05, 4.69) is 15.3 Å². The van der Waals surface area contributed by atoms with Crippen LogP contribution < -0.4 is 16.2 Å². The maximum absolute atomic E-state index is 11.4. The van der Waals surface area contributed by atoms with Gasteiger partial charge in [-0.15, -0.1) is 5.10 Å². The number of nitrogens with two attached hydrogens (primary N) is 1. The van der Waals surface area contributed by atoms with E-state index in [1.165, 1.54) is 0 Å². The maximum atomic E-state index is 11.4. The number of hydrogen-bond donors (Lipinski definition) is 2. The summed E-state index contributed by atoms with van der Waals surface area (Å²) in [6.45, 7) is 0. The van der Waals surface area contributed by atoms with Crippen LogP contribution in [0.25, 0.3) is 5.65 Å². The van der Waals surface area contributed by atoms with E-state index in [-0.39, 0.29) is 5.88 Å². The van der Waals surface area contributed by atoms with E-state index in [9.17, 15) is 4.79 Å². The van der Waals surface area contributed by atoms with Crippen molar-refractivity contribution in [3.05, 3.63) is 45.8 Å². The molecule has 0 radical (unpaired) electrons. The van der Waals surface area contributed by atoms with Gasteiger partial charge in [0.1, 0.15) is 0 Å². The molecule has 0 atom stereocenters. The molecule has 96 valence electrons. The number of nitrogens with zero attached hydrogens (tertiary/aromatic N) is 3. The van der Waals surface area contributed by atoms with Crippen molar-refractivity contribution in [2.24, 2.45) is 0 Å². The molecule has 2 heterocycles. The van der Waals surface area contributed by atoms with E-state index in [0.29, 0.717) is 22.1 Å². The number of benzene rings is 1. The number of rotatable bonds is 2. The Morgan fingerprint density at radius 3 is 2.95 bits per heavy atom. The molecule has 2 aromatic heterocycles. The summed E-state index contributed by atoms with van der Waals surface area (Å²) in [6.07, 6.45) is 0. The molecule has 0 bridgehead atoms. The largest absolute Gasteiger partial charge is 0.435 e. The molecule has 0 fully saturated rings. The highest BCUT2D eigenvalue weighted by atomic mass is 35.5. The normalized spacial score (nSPS) is 10.8. The molecule has 0 saturated carbocycles. The van der Waals surface area contributed by atoms with Crippen LogP contribution in [0, 0.1) is 0 Å². The van der Waals surface area contributed by atoms with E-state index in [4.69, 9.17) is 22.1 Å². The number of aromatic nitrogens is 4. The Morgan fingerprint density at radius 2 is 2.16 bits per heavy atom. The summed E-state index contributed by atoms with van der Waals surface area (Å²) in [5.74, 6) is 0.637. The smallest absolute Gasteiger partial charge is 0.364 e. The number of halogens is 1. The number of nitrogen functional groups attached to an aromatic ring is 1. The van der Waals surface area contributed by atoms with Crippen LogP contribution in [0.4, 0.5) is 5.69 Å². The molecule has 3 aromatic rings. The average molecular weight is 278 g/mol. The number of aromatic amines is 1. The second kappa shape index (κ2) is 4.29. The lowest BCUT2D eigenvalue weighted by Crippen LogP contribution is -2.12. The van der Waals surface area contributed by atoms with Crippen molar-refractivity contribution >= 4 is 22.9 Å². The fourth-order valence-corrected chi connectivity index (χ4v) is 1.75. The number of anilines is 1. The van der Waals surface area contributed by atoms with Gasteiger partial charge in [0.25, 0.3) is 0 Å². The Hall–Kier alpha value is -2.54. The molecule has 0 amide bonds. The highest BCUT2D eigenvalue weighted by molar-refractivity contribution is 6.30. The monoisotopic (exact) mass is 277 g/mol. The predicted molar refractivity (Wildman–Crippen MR) is 69.5 cm³/mol. The van der Waals surface area contributed by atoms with E-state index in [1.807, 2.05) is 0 Å². The third-order valence-corrected chi connectivity index (χ3v) is 2.67. The zero-order valence-electron chi connectivity index (χ0n) is 9.50. The van der Waals surface area contributed by atoms with E-state index >= 15 is 0 Å². The minimum atomic E-state index is -0.440. The van der Waals surface area contributed by atoms with Crippen molar-refractivity contribution in [3.8, 4) is 11.6 Å². The molecule has 19 heavy (non-hydrogen) atoms. The molecule has 7 nitrogen and oxygen atoms in total. The van der Waals surface area contributed by atoms with E-state index in [0.717, 1.165) is 4.52 Å². The molecule has 0 unspecified atom stereocenters. The van der Waals surface area contributed by atoms with Crippen molar-refractivity contribution in [1.82, 2.24) is 19.8 Å². The zero-order valence-corrected chi connectivity index (χ0v) is 10.3. The van der Waals surface area contributed by atoms with Gasteiger partial charge < -0.3 is 10.5 Å². The third-order valence-electron chi connectivity index (χ3n) is 2.44. The van der Waals surface area contributed by atoms with Gasteiger partial charge in [0.2, 0.25) is 5.88 Å². The Balaban J connectivity index is 2.00. The summed E-state index contributed by atoms with van der Waals surface area (Å²) in [4.78, 5) is 11.4. The van der Waals surface area contributed by atoms with Gasteiger partial charge in [-0.2, -0.15) is 9.61 Å². The fourth-order valence-electron chi connectivity index (χ4n) is 1.57. The predicted octanol–water partition coefficient (Wildman–Crippen LogP) is 1.45. The minimum Gasteiger partial charge on any atom is -0.435 e. The standard InChI is InChI=1S/C11H8ClN5O2/c12-6-1-2-8(7(13)5-6)19-10-4-3-9-14-15-11(18)17(9)16-10/h1-5H,13H2,(H,15,18). The van der Waals surface area contributed by atoms with Crippen LogP contribution in [0.15, 0.2) is 35.1 Å². The Morgan fingerprint density at radius 1 is 1.32 bits per heavy atom. The lowest BCUT2D eigenvalue weighted by Gasteiger charge is -2.07. The minimum absolute atomic E-state index is 0.227. The van der Waals surface area contributed by atoms with E-state index in [1.54, 1.807) is 30.3 Å². The average Bonchev–Trinajstić information content (AvgIpc) is 2.75. The Labute approximate surface area is 111 Å². The summed E-state index contributed by atoms with van der Waals surface area (Å²) in [7, 11) is 0. The van der Waals surface area contributed by atoms with Crippen LogP contribution in [-0.2, 0) is 0 Å². The van der Waals surface area contributed by atoms with Gasteiger partial charge in [0.05, 0.1) is 5.69 Å². The van der Waals surface area contributed by atoms with Gasteiger partial charge in [-0.3, -0.25) is 0 Å². The van der Waals surface area contributed by atoms with Gasteiger partial charge in [0, 0.05) is 11.1 Å². The molecule has 3 rings (SSSR count). The first-order chi connectivity index (χ1) is 9.13. The maximum Gasteiger partial charge on any atom is 0.364 e. The lowest BCUT2D eigenvalue weighted by molar-refractivity contribution is 0.453. The highest BCUT2D eigenvalue weighted by Gasteiger charge is 2.07. The third kappa shape index (κ3) is 2.11. The zero-order chi connectivity index (χ0) is 13.4. The number of fused-ring (bicyclic) bond motifs is 1. The summed E-state index contributed by atoms with van der Waals surface area (Å²) >= 11 is 5.80. The molecule has 8 heteroatoms. The second-order valence-corrected chi connectivity index (χ2v) is 4.19. The van der Waals surface area contributed by atoms with Crippen LogP contribution in [0.3, 0.4) is 0 Å². The first kappa shape index (κ1) is 11.5. The highest BCUT2D eigenvalue weighted by Crippen LogP contribution is 2.28. The molecular formula is C11H8ClN5O2. The quantitative estimate of drug-likeness (QED) is 0.691. The molecular weight excluding hydrogens is 270 g/mol. The molecule has 0 spiro atoms. The van der Waals surface area contributed by atoms with Gasteiger partial charge >= 0.3 is 5.69 Å². The van der Waals surface area contributed by atoms with Crippen molar-refractivity contribution in [3.63, 3.8) is 0 Å². The van der Waals surface area contributed by atoms with Gasteiger partial charge in [0.15, 0.2) is 11.4 Å². The van der Waals surface area contributed by atoms with Crippen molar-refractivity contribution in [1.29, 1.82) is 0 Å². The number of nitrogens with one attached hydrogen (secondary N) is 1. The molecule has 0 aliphatic heterocycles. The van der Waals surface area contributed by atoms with Crippen LogP contribution in [0.2, 0.25) is 5.02 Å². The van der Waals surface area contributed by atoms with Crippen LogP contribution in [0.1, 0.15) is 0 Å². The molecule has 0 aliphatic carbocycles. The summed E-state index contributed by atoms with van der Waals surface area (Å²) in [5, 5.41) is 10.6. The first-order valence-corrected chi connectivity index (χ1v) is 5.68. The molecule has 3 N–H and O–H groups in total. The fraction of sp³-hybridized carbons (Fsp3) is 0. The number of ether oxygens (including phenoxy) is 1. The second-order valence-electron chi connectivity index (χ2n) is 3.75. The van der Waals surface area contributed by atoms with Crippen molar-refractivity contribution < 1.29 is 4.74 Å². The van der Waals surface area contributed by atoms with Gasteiger partial charge in [-0.1, -0.05) is 11.6 Å². The topological polar surface area (TPSA) is 98.3 Å². The van der Waals surface area contributed by atoms with Crippen LogP contribution in [0.5, 0.6) is 11.6 Å². The van der Waals surface area contributed by atoms with Gasteiger partial charge in [-0.05, 0) is 24.3 Å². The number of H-pyrrole nitrogens is 1. The van der Waals surface area contributed by atoms with Crippen LogP contribution in [-0.4, -0.2) is 19.8 Å². The summed E-state index contributed by atoms with van der Waals surface area (Å²) in [5.41, 5.74) is 6.11. The molecule has 0 saturated heterocycles. The molecule has 1 aromatic carbocycles. The van der Waals surface area contributed by atoms with Gasteiger partial charge in [-0.25, -0.2) is 9.89 Å². The number of hydrogen-bond acceptors (Lipinski definition) is 5. The van der Waals surface area contributed by atoms with Crippen molar-refractivity contribution in [2.45, 2.75) is 0 Å². The lowest BCUT2D eigenvalue weighted by atomic mass is 10.3. The summed E-state index contributed by atoms with van der Waals surface area (Å²) < 4.78 is 6.60. The Kier molecular flexibility index (Phi) is 2.60. The van der Waals surface area contributed by atoms with Crippen molar-refractivity contribution in [2.75, 3.05) is 5.73 Å². The first-order valence-electron chi connectivity index (χ1n) is 5.31. The summed E-state index contributed by atoms with van der Waals surface area (Å²) in [6, 6.07) is 8.03.